The fourth-order valence-electron chi connectivity index (χ4n) is 3.85. The lowest BCUT2D eigenvalue weighted by Gasteiger charge is -2.33. The van der Waals surface area contributed by atoms with Gasteiger partial charge < -0.3 is 9.47 Å². The number of hydrogen-bond donors (Lipinski definition) is 0. The molecular weight excluding hydrogens is 404 g/mol. The monoisotopic (exact) mass is 436 g/mol. The van der Waals surface area contributed by atoms with Crippen LogP contribution in [0.5, 0.6) is 0 Å². The van der Waals surface area contributed by atoms with E-state index in [1.807, 2.05) is 12.1 Å². The van der Waals surface area contributed by atoms with Crippen LogP contribution in [0.4, 0.5) is 0 Å². The molecule has 2 aromatic carbocycles. The van der Waals surface area contributed by atoms with Crippen LogP contribution in [0, 0.1) is 0 Å². The first-order valence-corrected chi connectivity index (χ1v) is 13.2. The zero-order chi connectivity index (χ0) is 22.4. The lowest BCUT2D eigenvalue weighted by molar-refractivity contribution is -0.138. The van der Waals surface area contributed by atoms with Gasteiger partial charge in [-0.15, -0.1) is 0 Å². The Morgan fingerprint density at radius 3 is 1.45 bits per heavy atom. The van der Waals surface area contributed by atoms with Gasteiger partial charge in [-0.25, -0.2) is 9.59 Å². The lowest BCUT2D eigenvalue weighted by Crippen LogP contribution is -2.58. The number of carbonyl (C=O) groups excluding carboxylic acids is 2. The highest BCUT2D eigenvalue weighted by molar-refractivity contribution is 7.02. The van der Waals surface area contributed by atoms with Crippen molar-refractivity contribution in [2.24, 2.45) is 0 Å². The quantitative estimate of drug-likeness (QED) is 0.216. The molecule has 0 atom stereocenters. The first-order chi connectivity index (χ1) is 15.1. The molecule has 0 amide bonds. The maximum Gasteiger partial charge on any atom is 0.330 e. The highest BCUT2D eigenvalue weighted by atomic mass is 28.3. The molecule has 0 heterocycles. The van der Waals surface area contributed by atoms with Gasteiger partial charge in [0.05, 0.1) is 13.2 Å². The molecular formula is C26H32O4Si. The Hall–Kier alpha value is -2.92. The molecule has 0 saturated carbocycles. The number of ether oxygens (including phenoxy) is 2. The van der Waals surface area contributed by atoms with Gasteiger partial charge in [-0.05, 0) is 38.8 Å². The minimum atomic E-state index is -2.15. The van der Waals surface area contributed by atoms with Crippen LogP contribution in [0.15, 0.2) is 85.0 Å². The van der Waals surface area contributed by atoms with E-state index in [1.165, 1.54) is 22.5 Å². The molecule has 2 rings (SSSR count). The van der Waals surface area contributed by atoms with Gasteiger partial charge in [-0.2, -0.15) is 0 Å². The smallest absolute Gasteiger partial charge is 0.330 e. The Morgan fingerprint density at radius 2 is 1.10 bits per heavy atom. The molecule has 0 spiro atoms. The molecule has 0 N–H and O–H groups in total. The average Bonchev–Trinajstić information content (AvgIpc) is 2.80. The standard InChI is InChI=1S/C26H32O4Si/c1-3-13-25(27)29-19-11-21-31(23-15-7-5-8-16-23,24-17-9-6-10-18-24)22-12-20-30-26(28)14-4-2/h3-10,13-18H,11-12,19-22H2,1-2H3. The number of rotatable bonds is 12. The van der Waals surface area contributed by atoms with E-state index >= 15 is 0 Å². The number of hydrogen-bond acceptors (Lipinski definition) is 4. The summed E-state index contributed by atoms with van der Waals surface area (Å²) in [5.74, 6) is -0.602. The SMILES string of the molecule is CC=CC(=O)OCCC[Si](CCCOC(=O)C=CC)(c1ccccc1)c1ccccc1. The van der Waals surface area contributed by atoms with Crippen molar-refractivity contribution in [1.29, 1.82) is 0 Å². The van der Waals surface area contributed by atoms with Gasteiger partial charge in [0.1, 0.15) is 8.07 Å². The molecule has 31 heavy (non-hydrogen) atoms. The van der Waals surface area contributed by atoms with Crippen molar-refractivity contribution in [2.45, 2.75) is 38.8 Å². The van der Waals surface area contributed by atoms with Crippen molar-refractivity contribution in [3.63, 3.8) is 0 Å². The molecule has 0 unspecified atom stereocenters. The van der Waals surface area contributed by atoms with E-state index in [9.17, 15) is 9.59 Å². The number of esters is 2. The predicted octanol–water partition coefficient (Wildman–Crippen LogP) is 4.27. The first-order valence-electron chi connectivity index (χ1n) is 10.8. The second-order valence-electron chi connectivity index (χ2n) is 7.36. The third-order valence-electron chi connectivity index (χ3n) is 5.24. The summed E-state index contributed by atoms with van der Waals surface area (Å²) < 4.78 is 10.7. The van der Waals surface area contributed by atoms with Gasteiger partial charge in [-0.1, -0.05) is 83.2 Å². The van der Waals surface area contributed by atoms with Crippen LogP contribution >= 0.6 is 0 Å². The summed E-state index contributed by atoms with van der Waals surface area (Å²) in [7, 11) is -2.15. The number of allylic oxidation sites excluding steroid dienone is 2. The normalized spacial score (nSPS) is 11.7. The average molecular weight is 437 g/mol. The molecule has 0 bridgehead atoms. The highest BCUT2D eigenvalue weighted by Crippen LogP contribution is 2.21. The highest BCUT2D eigenvalue weighted by Gasteiger charge is 2.36. The third-order valence-corrected chi connectivity index (χ3v) is 10.5. The van der Waals surface area contributed by atoms with Crippen molar-refractivity contribution in [3.05, 3.63) is 85.0 Å². The molecule has 0 fully saturated rings. The van der Waals surface area contributed by atoms with Crippen molar-refractivity contribution >= 4 is 30.4 Å². The van der Waals surface area contributed by atoms with E-state index in [1.54, 1.807) is 26.0 Å². The van der Waals surface area contributed by atoms with E-state index in [0.717, 1.165) is 24.9 Å². The Labute approximate surface area is 186 Å². The molecule has 2 aromatic rings. The number of benzene rings is 2. The molecule has 164 valence electrons. The maximum atomic E-state index is 11.7. The van der Waals surface area contributed by atoms with E-state index < -0.39 is 8.07 Å². The first kappa shape index (κ1) is 24.3. The molecule has 0 aliphatic carbocycles. The predicted molar refractivity (Wildman–Crippen MR) is 128 cm³/mol. The fourth-order valence-corrected chi connectivity index (χ4v) is 8.74. The Kier molecular flexibility index (Phi) is 10.5. The van der Waals surface area contributed by atoms with Gasteiger partial charge in [0.2, 0.25) is 0 Å². The maximum absolute atomic E-state index is 11.7. The second-order valence-corrected chi connectivity index (χ2v) is 11.7. The van der Waals surface area contributed by atoms with Crippen LogP contribution in [0.2, 0.25) is 12.1 Å². The molecule has 5 heteroatoms. The molecule has 0 aliphatic rings. The summed E-state index contributed by atoms with van der Waals surface area (Å²) in [6, 6.07) is 23.1. The van der Waals surface area contributed by atoms with E-state index in [2.05, 4.69) is 48.5 Å². The van der Waals surface area contributed by atoms with Crippen molar-refractivity contribution in [3.8, 4) is 0 Å². The lowest BCUT2D eigenvalue weighted by atomic mass is 10.4. The minimum absolute atomic E-state index is 0.301. The Morgan fingerprint density at radius 1 is 0.710 bits per heavy atom. The Balaban J connectivity index is 2.22. The molecule has 0 saturated heterocycles. The largest absolute Gasteiger partial charge is 0.463 e. The van der Waals surface area contributed by atoms with Crippen molar-refractivity contribution < 1.29 is 19.1 Å². The van der Waals surface area contributed by atoms with Crippen LogP contribution in [0.1, 0.15) is 26.7 Å². The van der Waals surface area contributed by atoms with Crippen molar-refractivity contribution in [1.82, 2.24) is 0 Å². The summed E-state index contributed by atoms with van der Waals surface area (Å²) in [6.45, 7) is 4.39. The fraction of sp³-hybridized carbons (Fsp3) is 0.308. The van der Waals surface area contributed by atoms with Crippen LogP contribution in [0.25, 0.3) is 0 Å². The van der Waals surface area contributed by atoms with Crippen LogP contribution in [-0.4, -0.2) is 33.2 Å². The molecule has 0 aliphatic heterocycles. The van der Waals surface area contributed by atoms with Crippen molar-refractivity contribution in [2.75, 3.05) is 13.2 Å². The van der Waals surface area contributed by atoms with E-state index in [0.29, 0.717) is 13.2 Å². The number of carbonyl (C=O) groups is 2. The molecule has 0 radical (unpaired) electrons. The summed E-state index contributed by atoms with van der Waals surface area (Å²) in [5, 5.41) is 2.70. The zero-order valence-electron chi connectivity index (χ0n) is 18.5. The van der Waals surface area contributed by atoms with Crippen LogP contribution in [-0.2, 0) is 19.1 Å². The molecule has 4 nitrogen and oxygen atoms in total. The Bertz CT molecular complexity index is 786. The summed E-state index contributed by atoms with van der Waals surface area (Å²) >= 11 is 0. The van der Waals surface area contributed by atoms with E-state index in [-0.39, 0.29) is 11.9 Å². The van der Waals surface area contributed by atoms with E-state index in [4.69, 9.17) is 9.47 Å². The van der Waals surface area contributed by atoms with Gasteiger partial charge in [0.25, 0.3) is 0 Å². The summed E-state index contributed by atoms with van der Waals surface area (Å²) in [6.07, 6.45) is 7.83. The summed E-state index contributed by atoms with van der Waals surface area (Å²) in [4.78, 5) is 23.4. The van der Waals surface area contributed by atoms with Crippen LogP contribution < -0.4 is 10.4 Å². The summed E-state index contributed by atoms with van der Waals surface area (Å²) in [5.41, 5.74) is 0. The van der Waals surface area contributed by atoms with Crippen LogP contribution in [0.3, 0.4) is 0 Å². The second kappa shape index (κ2) is 13.4. The zero-order valence-corrected chi connectivity index (χ0v) is 19.5. The van der Waals surface area contributed by atoms with Gasteiger partial charge in [-0.3, -0.25) is 0 Å². The van der Waals surface area contributed by atoms with Gasteiger partial charge in [0.15, 0.2) is 0 Å². The van der Waals surface area contributed by atoms with Gasteiger partial charge in [0, 0.05) is 12.2 Å². The minimum Gasteiger partial charge on any atom is -0.463 e. The molecule has 0 aromatic heterocycles. The topological polar surface area (TPSA) is 52.6 Å². The van der Waals surface area contributed by atoms with Gasteiger partial charge >= 0.3 is 11.9 Å². The third kappa shape index (κ3) is 7.68.